The zero-order valence-corrected chi connectivity index (χ0v) is 20.4. The molecule has 2 saturated heterocycles. The largest absolute Gasteiger partial charge is 0.497 e. The molecule has 3 atom stereocenters. The van der Waals surface area contributed by atoms with Gasteiger partial charge >= 0.3 is 0 Å². The first kappa shape index (κ1) is 22.6. The maximum Gasteiger partial charge on any atom is 0.272 e. The Bertz CT molecular complexity index is 1170. The summed E-state index contributed by atoms with van der Waals surface area (Å²) in [5.74, 6) is 0.826. The van der Waals surface area contributed by atoms with Crippen LogP contribution in [0, 0.1) is 0 Å². The maximum absolute atomic E-state index is 13.5. The number of hydrogen-bond donors (Lipinski definition) is 1. The summed E-state index contributed by atoms with van der Waals surface area (Å²) in [4.78, 5) is 16.0. The molecule has 1 N–H and O–H groups in total. The lowest BCUT2D eigenvalue weighted by molar-refractivity contribution is -0.0843. The fourth-order valence-corrected chi connectivity index (χ4v) is 6.25. The van der Waals surface area contributed by atoms with E-state index in [2.05, 4.69) is 33.1 Å². The summed E-state index contributed by atoms with van der Waals surface area (Å²) in [6, 6.07) is 17.6. The minimum Gasteiger partial charge on any atom is -0.497 e. The van der Waals surface area contributed by atoms with Gasteiger partial charge in [-0.2, -0.15) is 5.10 Å². The molecule has 0 spiro atoms. The van der Waals surface area contributed by atoms with Crippen LogP contribution in [0.2, 0.25) is 0 Å². The number of aromatic nitrogens is 2. The molecule has 6 rings (SSSR count). The van der Waals surface area contributed by atoms with Gasteiger partial charge in [-0.1, -0.05) is 43.2 Å². The molecule has 0 unspecified atom stereocenters. The van der Waals surface area contributed by atoms with E-state index in [-0.39, 0.29) is 11.9 Å². The number of piperidine rings is 1. The summed E-state index contributed by atoms with van der Waals surface area (Å²) < 4.78 is 13.3. The Morgan fingerprint density at radius 3 is 2.46 bits per heavy atom. The lowest BCUT2D eigenvalue weighted by Crippen LogP contribution is -2.60. The van der Waals surface area contributed by atoms with Crippen molar-refractivity contribution in [3.63, 3.8) is 0 Å². The highest BCUT2D eigenvalue weighted by Gasteiger charge is 2.39. The van der Waals surface area contributed by atoms with Gasteiger partial charge in [-0.15, -0.1) is 0 Å². The van der Waals surface area contributed by atoms with Crippen LogP contribution in [0.15, 0.2) is 48.5 Å². The van der Waals surface area contributed by atoms with E-state index in [4.69, 9.17) is 14.6 Å². The van der Waals surface area contributed by atoms with Crippen LogP contribution in [0.1, 0.15) is 60.6 Å². The van der Waals surface area contributed by atoms with Crippen molar-refractivity contribution in [3.05, 3.63) is 59.8 Å². The van der Waals surface area contributed by atoms with E-state index < -0.39 is 0 Å². The number of carbonyl (C=O) groups is 1. The summed E-state index contributed by atoms with van der Waals surface area (Å²) in [6.07, 6.45) is 6.53. The Balaban J connectivity index is 1.17. The lowest BCUT2D eigenvalue weighted by atomic mass is 9.89. The summed E-state index contributed by atoms with van der Waals surface area (Å²) in [5, 5.41) is 9.15. The molecular weight excluding hydrogens is 440 g/mol. The molecule has 0 radical (unpaired) electrons. The first-order chi connectivity index (χ1) is 17.2. The molecule has 35 heavy (non-hydrogen) atoms. The summed E-state index contributed by atoms with van der Waals surface area (Å²) >= 11 is 0. The number of morpholine rings is 1. The van der Waals surface area contributed by atoms with Gasteiger partial charge < -0.3 is 14.8 Å². The Kier molecular flexibility index (Phi) is 6.20. The normalized spacial score (nSPS) is 25.1. The van der Waals surface area contributed by atoms with Crippen molar-refractivity contribution in [1.29, 1.82) is 0 Å². The highest BCUT2D eigenvalue weighted by Crippen LogP contribution is 2.33. The third-order valence-corrected chi connectivity index (χ3v) is 8.03. The van der Waals surface area contributed by atoms with Crippen LogP contribution < -0.4 is 10.1 Å². The van der Waals surface area contributed by atoms with Crippen molar-refractivity contribution in [1.82, 2.24) is 20.0 Å². The van der Waals surface area contributed by atoms with Crippen LogP contribution in [-0.2, 0) is 11.3 Å². The standard InChI is InChI=1S/C28H34N4O3/c1-34-24-12-10-19(11-13-24)16-31-22-14-20(15-23(31)18-35-17-22)29-28(33)27-25-8-4-5-9-26(25)32(30-27)21-6-2-3-7-21/h4-5,8-13,20-23H,2-3,6-7,14-18H2,1H3,(H,29,33)/t20-,22-,23+. The molecule has 2 bridgehead atoms. The van der Waals surface area contributed by atoms with Crippen LogP contribution in [0.5, 0.6) is 5.75 Å². The minimum atomic E-state index is -0.0504. The van der Waals surface area contributed by atoms with E-state index in [1.54, 1.807) is 7.11 Å². The minimum absolute atomic E-state index is 0.0504. The van der Waals surface area contributed by atoms with Crippen molar-refractivity contribution >= 4 is 16.8 Å². The number of amides is 1. The molecule has 1 aliphatic carbocycles. The van der Waals surface area contributed by atoms with Crippen molar-refractivity contribution < 1.29 is 14.3 Å². The van der Waals surface area contributed by atoms with Gasteiger partial charge in [-0.3, -0.25) is 14.4 Å². The molecule has 3 heterocycles. The van der Waals surface area contributed by atoms with Crippen LogP contribution >= 0.6 is 0 Å². The molecule has 7 heteroatoms. The average molecular weight is 475 g/mol. The molecule has 1 saturated carbocycles. The highest BCUT2D eigenvalue weighted by atomic mass is 16.5. The third kappa shape index (κ3) is 4.43. The lowest BCUT2D eigenvalue weighted by Gasteiger charge is -2.48. The molecule has 1 amide bonds. The molecule has 2 aromatic carbocycles. The van der Waals surface area contributed by atoms with Gasteiger partial charge in [0, 0.05) is 30.1 Å². The molecular formula is C28H34N4O3. The Labute approximate surface area is 206 Å². The van der Waals surface area contributed by atoms with E-state index >= 15 is 0 Å². The van der Waals surface area contributed by atoms with Gasteiger partial charge in [-0.25, -0.2) is 0 Å². The number of methoxy groups -OCH3 is 1. The van der Waals surface area contributed by atoms with Gasteiger partial charge in [0.05, 0.1) is 31.9 Å². The van der Waals surface area contributed by atoms with Crippen LogP contribution in [0.25, 0.3) is 10.9 Å². The summed E-state index contributed by atoms with van der Waals surface area (Å²) in [6.45, 7) is 2.30. The number of para-hydroxylation sites is 1. The maximum atomic E-state index is 13.5. The second-order valence-corrected chi connectivity index (χ2v) is 10.3. The smallest absolute Gasteiger partial charge is 0.272 e. The molecule has 1 aromatic heterocycles. The number of hydrogen-bond acceptors (Lipinski definition) is 5. The first-order valence-corrected chi connectivity index (χ1v) is 12.9. The molecule has 7 nitrogen and oxygen atoms in total. The number of fused-ring (bicyclic) bond motifs is 3. The van der Waals surface area contributed by atoms with Crippen molar-refractivity contribution in [2.45, 2.75) is 69.2 Å². The number of ether oxygens (including phenoxy) is 2. The summed E-state index contributed by atoms with van der Waals surface area (Å²) in [7, 11) is 1.69. The topological polar surface area (TPSA) is 68.6 Å². The molecule has 3 fully saturated rings. The van der Waals surface area contributed by atoms with Gasteiger partial charge in [0.15, 0.2) is 5.69 Å². The quantitative estimate of drug-likeness (QED) is 0.576. The summed E-state index contributed by atoms with van der Waals surface area (Å²) in [5.41, 5.74) is 2.91. The third-order valence-electron chi connectivity index (χ3n) is 8.03. The van der Waals surface area contributed by atoms with E-state index in [0.29, 0.717) is 37.0 Å². The Hall–Kier alpha value is -2.90. The first-order valence-electron chi connectivity index (χ1n) is 12.9. The zero-order valence-electron chi connectivity index (χ0n) is 20.4. The second kappa shape index (κ2) is 9.63. The molecule has 3 aliphatic rings. The van der Waals surface area contributed by atoms with Crippen LogP contribution in [-0.4, -0.2) is 59.0 Å². The predicted molar refractivity (Wildman–Crippen MR) is 135 cm³/mol. The predicted octanol–water partition coefficient (Wildman–Crippen LogP) is 4.32. The SMILES string of the molecule is COc1ccc(CN2[C@@H]3COC[C@H]2C[C@@H](NC(=O)c2nn(C4CCCC4)c4ccccc24)C3)cc1. The van der Waals surface area contributed by atoms with Crippen molar-refractivity contribution in [2.75, 3.05) is 20.3 Å². The second-order valence-electron chi connectivity index (χ2n) is 10.3. The molecule has 184 valence electrons. The van der Waals surface area contributed by atoms with E-state index in [0.717, 1.165) is 48.9 Å². The van der Waals surface area contributed by atoms with E-state index in [9.17, 15) is 4.79 Å². The number of benzene rings is 2. The number of nitrogens with zero attached hydrogens (tertiary/aromatic N) is 3. The zero-order chi connectivity index (χ0) is 23.8. The Morgan fingerprint density at radius 2 is 1.74 bits per heavy atom. The molecule has 3 aromatic rings. The van der Waals surface area contributed by atoms with E-state index in [1.807, 2.05) is 30.3 Å². The molecule has 2 aliphatic heterocycles. The monoisotopic (exact) mass is 474 g/mol. The number of nitrogens with one attached hydrogen (secondary N) is 1. The fourth-order valence-electron chi connectivity index (χ4n) is 6.25. The van der Waals surface area contributed by atoms with Crippen LogP contribution in [0.3, 0.4) is 0 Å². The van der Waals surface area contributed by atoms with Gasteiger partial charge in [0.2, 0.25) is 0 Å². The fraction of sp³-hybridized carbons (Fsp3) is 0.500. The highest BCUT2D eigenvalue weighted by molar-refractivity contribution is 6.05. The van der Waals surface area contributed by atoms with Crippen LogP contribution in [0.4, 0.5) is 0 Å². The van der Waals surface area contributed by atoms with Gasteiger partial charge in [0.1, 0.15) is 5.75 Å². The van der Waals surface area contributed by atoms with Crippen molar-refractivity contribution in [3.8, 4) is 5.75 Å². The van der Waals surface area contributed by atoms with E-state index in [1.165, 1.54) is 18.4 Å². The number of carbonyl (C=O) groups excluding carboxylic acids is 1. The Morgan fingerprint density at radius 1 is 1.03 bits per heavy atom. The average Bonchev–Trinajstić information content (AvgIpc) is 3.53. The van der Waals surface area contributed by atoms with Crippen molar-refractivity contribution in [2.24, 2.45) is 0 Å². The van der Waals surface area contributed by atoms with Gasteiger partial charge in [0.25, 0.3) is 5.91 Å². The number of rotatable bonds is 6. The van der Waals surface area contributed by atoms with Gasteiger partial charge in [-0.05, 0) is 49.4 Å².